The molecule has 0 amide bonds. The van der Waals surface area contributed by atoms with Crippen LogP contribution in [-0.2, 0) is 17.8 Å². The van der Waals surface area contributed by atoms with Gasteiger partial charge in [0.1, 0.15) is 11.6 Å². The summed E-state index contributed by atoms with van der Waals surface area (Å²) in [7, 11) is 1.66. The van der Waals surface area contributed by atoms with Crippen LogP contribution in [0.2, 0.25) is 0 Å². The molecular weight excluding hydrogens is 233 g/mol. The van der Waals surface area contributed by atoms with Crippen LogP contribution >= 0.6 is 0 Å². The third-order valence-corrected chi connectivity index (χ3v) is 3.09. The van der Waals surface area contributed by atoms with E-state index in [2.05, 4.69) is 10.4 Å². The summed E-state index contributed by atoms with van der Waals surface area (Å²) in [6, 6.07) is 6.32. The maximum Gasteiger partial charge on any atom is 0.133 e. The molecule has 1 N–H and O–H groups in total. The van der Waals surface area contributed by atoms with Crippen LogP contribution in [0.1, 0.15) is 11.3 Å². The quantitative estimate of drug-likeness (QED) is 0.903. The Kier molecular flexibility index (Phi) is 2.76. The second-order valence-electron chi connectivity index (χ2n) is 4.27. The zero-order valence-corrected chi connectivity index (χ0v) is 10.1. The fraction of sp³-hybridized carbons (Fsp3) is 0.308. The van der Waals surface area contributed by atoms with Crippen molar-refractivity contribution in [3.63, 3.8) is 0 Å². The molecule has 94 valence electrons. The third-order valence-electron chi connectivity index (χ3n) is 3.09. The van der Waals surface area contributed by atoms with Crippen molar-refractivity contribution in [1.29, 1.82) is 0 Å². The first kappa shape index (κ1) is 11.2. The number of nitrogens with one attached hydrogen (secondary N) is 1. The predicted octanol–water partition coefficient (Wildman–Crippen LogP) is 2.13. The second kappa shape index (κ2) is 4.42. The van der Waals surface area contributed by atoms with E-state index >= 15 is 0 Å². The Labute approximate surface area is 104 Å². The summed E-state index contributed by atoms with van der Waals surface area (Å²) >= 11 is 0. The molecule has 0 bridgehead atoms. The zero-order valence-electron chi connectivity index (χ0n) is 10.1. The Hall–Kier alpha value is -1.88. The van der Waals surface area contributed by atoms with E-state index in [1.807, 2.05) is 4.68 Å². The van der Waals surface area contributed by atoms with Crippen molar-refractivity contribution in [3.8, 4) is 5.69 Å². The average Bonchev–Trinajstić information content (AvgIpc) is 2.95. The van der Waals surface area contributed by atoms with E-state index in [0.717, 1.165) is 30.2 Å². The molecule has 1 aliphatic rings. The lowest BCUT2D eigenvalue weighted by Gasteiger charge is -2.05. The second-order valence-corrected chi connectivity index (χ2v) is 4.27. The van der Waals surface area contributed by atoms with Crippen molar-refractivity contribution >= 4 is 5.82 Å². The summed E-state index contributed by atoms with van der Waals surface area (Å²) in [6.07, 6.45) is 0.954. The van der Waals surface area contributed by atoms with E-state index < -0.39 is 0 Å². The highest BCUT2D eigenvalue weighted by Gasteiger charge is 2.22. The lowest BCUT2D eigenvalue weighted by atomic mass is 10.2. The van der Waals surface area contributed by atoms with E-state index in [1.165, 1.54) is 17.7 Å². The number of hydrogen-bond donors (Lipinski definition) is 1. The normalized spacial score (nSPS) is 13.4. The Morgan fingerprint density at radius 2 is 2.17 bits per heavy atom. The fourth-order valence-electron chi connectivity index (χ4n) is 2.27. The van der Waals surface area contributed by atoms with Gasteiger partial charge in [0.2, 0.25) is 0 Å². The first-order valence-electron chi connectivity index (χ1n) is 5.89. The largest absolute Gasteiger partial charge is 0.378 e. The van der Waals surface area contributed by atoms with E-state index in [0.29, 0.717) is 6.61 Å². The molecule has 1 aliphatic heterocycles. The van der Waals surface area contributed by atoms with E-state index in [1.54, 1.807) is 19.2 Å². The van der Waals surface area contributed by atoms with Crippen LogP contribution in [0.15, 0.2) is 24.3 Å². The van der Waals surface area contributed by atoms with Crippen molar-refractivity contribution in [1.82, 2.24) is 9.78 Å². The van der Waals surface area contributed by atoms with Gasteiger partial charge < -0.3 is 10.1 Å². The molecule has 1 aromatic carbocycles. The van der Waals surface area contributed by atoms with Gasteiger partial charge in [-0.15, -0.1) is 0 Å². The standard InChI is InChI=1S/C13H14FN3O/c1-18-8-12-11-6-7-15-13(11)17(16-12)10-4-2-9(14)3-5-10/h2-5,15H,6-8H2,1H3. The molecule has 0 saturated heterocycles. The highest BCUT2D eigenvalue weighted by atomic mass is 19.1. The highest BCUT2D eigenvalue weighted by molar-refractivity contribution is 5.56. The number of hydrogen-bond acceptors (Lipinski definition) is 3. The molecule has 2 heterocycles. The molecule has 0 spiro atoms. The van der Waals surface area contributed by atoms with Crippen molar-refractivity contribution in [2.45, 2.75) is 13.0 Å². The number of ether oxygens (including phenoxy) is 1. The van der Waals surface area contributed by atoms with Crippen LogP contribution in [0.5, 0.6) is 0 Å². The maximum absolute atomic E-state index is 12.9. The molecule has 0 aliphatic carbocycles. The van der Waals surface area contributed by atoms with Gasteiger partial charge >= 0.3 is 0 Å². The van der Waals surface area contributed by atoms with E-state index in [4.69, 9.17) is 4.74 Å². The molecule has 18 heavy (non-hydrogen) atoms. The summed E-state index contributed by atoms with van der Waals surface area (Å²) in [5.41, 5.74) is 2.99. The third kappa shape index (κ3) is 1.76. The Morgan fingerprint density at radius 3 is 2.89 bits per heavy atom. The van der Waals surface area contributed by atoms with Gasteiger partial charge in [0.25, 0.3) is 0 Å². The van der Waals surface area contributed by atoms with E-state index in [-0.39, 0.29) is 5.82 Å². The topological polar surface area (TPSA) is 39.1 Å². The Balaban J connectivity index is 2.07. The van der Waals surface area contributed by atoms with Crippen LogP contribution in [0.3, 0.4) is 0 Å². The van der Waals surface area contributed by atoms with Crippen LogP contribution < -0.4 is 5.32 Å². The molecule has 4 nitrogen and oxygen atoms in total. The van der Waals surface area contributed by atoms with E-state index in [9.17, 15) is 4.39 Å². The van der Waals surface area contributed by atoms with Crippen molar-refractivity contribution in [2.24, 2.45) is 0 Å². The first-order valence-corrected chi connectivity index (χ1v) is 5.89. The van der Waals surface area contributed by atoms with Crippen LogP contribution in [-0.4, -0.2) is 23.4 Å². The fourth-order valence-corrected chi connectivity index (χ4v) is 2.27. The predicted molar refractivity (Wildman–Crippen MR) is 66.4 cm³/mol. The molecule has 0 fully saturated rings. The first-order chi connectivity index (χ1) is 8.79. The molecule has 3 rings (SSSR count). The number of nitrogens with zero attached hydrogens (tertiary/aromatic N) is 2. The SMILES string of the molecule is COCc1nn(-c2ccc(F)cc2)c2c1CCN2. The van der Waals surface area contributed by atoms with Gasteiger partial charge in [-0.2, -0.15) is 5.10 Å². The van der Waals surface area contributed by atoms with Gasteiger partial charge in [-0.1, -0.05) is 0 Å². The van der Waals surface area contributed by atoms with Crippen molar-refractivity contribution in [3.05, 3.63) is 41.3 Å². The molecule has 0 atom stereocenters. The zero-order chi connectivity index (χ0) is 12.5. The number of rotatable bonds is 3. The minimum atomic E-state index is -0.243. The monoisotopic (exact) mass is 247 g/mol. The number of fused-ring (bicyclic) bond motifs is 1. The molecular formula is C13H14FN3O. The minimum Gasteiger partial charge on any atom is -0.378 e. The summed E-state index contributed by atoms with van der Waals surface area (Å²) < 4.78 is 19.9. The molecule has 0 radical (unpaired) electrons. The van der Waals surface area contributed by atoms with Gasteiger partial charge in [-0.05, 0) is 30.7 Å². The van der Waals surface area contributed by atoms with Gasteiger partial charge in [-0.25, -0.2) is 9.07 Å². The minimum absolute atomic E-state index is 0.243. The van der Waals surface area contributed by atoms with Crippen molar-refractivity contribution in [2.75, 3.05) is 19.0 Å². The smallest absolute Gasteiger partial charge is 0.133 e. The van der Waals surface area contributed by atoms with Gasteiger partial charge in [0, 0.05) is 19.2 Å². The summed E-state index contributed by atoms with van der Waals surface area (Å²) in [4.78, 5) is 0. The molecule has 0 unspecified atom stereocenters. The summed E-state index contributed by atoms with van der Waals surface area (Å²) in [6.45, 7) is 1.41. The van der Waals surface area contributed by atoms with Gasteiger partial charge in [0.05, 0.1) is 18.0 Å². The summed E-state index contributed by atoms with van der Waals surface area (Å²) in [5.74, 6) is 0.751. The number of methoxy groups -OCH3 is 1. The Morgan fingerprint density at radius 1 is 1.39 bits per heavy atom. The highest BCUT2D eigenvalue weighted by Crippen LogP contribution is 2.28. The number of benzene rings is 1. The number of halogens is 1. The molecule has 0 saturated carbocycles. The molecule has 2 aromatic rings. The van der Waals surface area contributed by atoms with Gasteiger partial charge in [0.15, 0.2) is 0 Å². The molecule has 5 heteroatoms. The molecule has 1 aromatic heterocycles. The van der Waals surface area contributed by atoms with Crippen LogP contribution in [0.4, 0.5) is 10.2 Å². The lowest BCUT2D eigenvalue weighted by Crippen LogP contribution is -2.05. The average molecular weight is 247 g/mol. The van der Waals surface area contributed by atoms with Crippen LogP contribution in [0.25, 0.3) is 5.69 Å². The maximum atomic E-state index is 12.9. The summed E-state index contributed by atoms with van der Waals surface area (Å²) in [5, 5.41) is 7.84. The van der Waals surface area contributed by atoms with Gasteiger partial charge in [-0.3, -0.25) is 0 Å². The Bertz CT molecular complexity index is 562. The lowest BCUT2D eigenvalue weighted by molar-refractivity contribution is 0.180. The number of aromatic nitrogens is 2. The van der Waals surface area contributed by atoms with Crippen LogP contribution in [0, 0.1) is 5.82 Å². The number of anilines is 1. The van der Waals surface area contributed by atoms with Crippen molar-refractivity contribution < 1.29 is 9.13 Å².